The summed E-state index contributed by atoms with van der Waals surface area (Å²) in [7, 11) is 0. The van der Waals surface area contributed by atoms with Crippen LogP contribution in [0.1, 0.15) is 80.6 Å². The summed E-state index contributed by atoms with van der Waals surface area (Å²) in [6, 6.07) is 8.16. The van der Waals surface area contributed by atoms with E-state index in [2.05, 4.69) is 0 Å². The van der Waals surface area contributed by atoms with Gasteiger partial charge in [0.1, 0.15) is 29.2 Å². The average molecular weight is 509 g/mol. The molecule has 2 unspecified atom stereocenters. The number of ether oxygens (including phenoxy) is 1. The molecule has 2 fully saturated rings. The highest BCUT2D eigenvalue weighted by atomic mass is 16.5. The molecule has 4 N–H and O–H groups in total. The van der Waals surface area contributed by atoms with E-state index < -0.39 is 6.10 Å². The van der Waals surface area contributed by atoms with Crippen LogP contribution in [0, 0.1) is 17.8 Å². The second-order valence-electron chi connectivity index (χ2n) is 11.2. The third-order valence-corrected chi connectivity index (χ3v) is 8.55. The zero-order chi connectivity index (χ0) is 26.1. The predicted octanol–water partition coefficient (Wildman–Crippen LogP) is 4.91. The predicted molar refractivity (Wildman–Crippen MR) is 137 cm³/mol. The van der Waals surface area contributed by atoms with Crippen molar-refractivity contribution in [2.75, 3.05) is 0 Å². The molecule has 2 aromatic carbocycles. The normalized spacial score (nSPS) is 27.4. The third-order valence-electron chi connectivity index (χ3n) is 8.55. The number of benzene rings is 2. The van der Waals surface area contributed by atoms with Crippen molar-refractivity contribution in [1.29, 1.82) is 0 Å². The molecule has 0 heterocycles. The Balaban J connectivity index is 1.33. The summed E-state index contributed by atoms with van der Waals surface area (Å²) in [5, 5.41) is 41.2. The summed E-state index contributed by atoms with van der Waals surface area (Å²) >= 11 is 0. The second-order valence-corrected chi connectivity index (χ2v) is 11.2. The molecule has 5 atom stereocenters. The smallest absolute Gasteiger partial charge is 0.162 e. The summed E-state index contributed by atoms with van der Waals surface area (Å²) in [6.45, 7) is 0. The zero-order valence-electron chi connectivity index (χ0n) is 21.1. The lowest BCUT2D eigenvalue weighted by Crippen LogP contribution is -2.25. The van der Waals surface area contributed by atoms with Crippen LogP contribution in [-0.4, -0.2) is 38.1 Å². The summed E-state index contributed by atoms with van der Waals surface area (Å²) in [5.74, 6) is 0.903. The number of fused-ring (bicyclic) bond motifs is 1. The molecule has 2 aromatic rings. The van der Waals surface area contributed by atoms with Crippen LogP contribution in [0.25, 0.3) is 0 Å². The summed E-state index contributed by atoms with van der Waals surface area (Å²) in [4.78, 5) is 24.0. The molecule has 3 aliphatic carbocycles. The Morgan fingerprint density at radius 2 is 1.73 bits per heavy atom. The van der Waals surface area contributed by atoms with Crippen molar-refractivity contribution >= 4 is 11.6 Å². The third kappa shape index (κ3) is 5.77. The zero-order valence-corrected chi connectivity index (χ0v) is 21.1. The number of rotatable bonds is 8. The minimum Gasteiger partial charge on any atom is -0.508 e. The SMILES string of the molecule is O=C1CCC(=O)C(CCc2ccc(O)c(O[C@H]3c4cc(O)cc(O)c4C[C@@H]3CCC3CC[C@@H](O)C3)c2)C1. The molecular formula is C30H36O7. The molecular weight excluding hydrogens is 472 g/mol. The largest absolute Gasteiger partial charge is 0.508 e. The molecule has 7 heteroatoms. The van der Waals surface area contributed by atoms with E-state index in [1.54, 1.807) is 24.3 Å². The first-order valence-electron chi connectivity index (χ1n) is 13.5. The standard InChI is InChI=1S/C30H36O7/c31-21-7-3-17(11-21)2-6-20-14-24-25(15-23(33)16-28(24)36)30(20)37-29-12-18(4-9-27(29)35)1-5-19-13-22(32)8-10-26(19)34/h4,9,12,15-17,19-21,30-31,33,35-36H,1-3,5-8,10-11,13-14H2/t17?,19?,20-,21+,30+/m0/s1. The summed E-state index contributed by atoms with van der Waals surface area (Å²) in [6.07, 6.45) is 6.56. The van der Waals surface area contributed by atoms with Crippen molar-refractivity contribution in [2.24, 2.45) is 17.8 Å². The molecule has 0 radical (unpaired) electrons. The van der Waals surface area contributed by atoms with E-state index in [0.717, 1.165) is 48.8 Å². The number of Topliss-reactive ketones (excluding diaryl/α,β-unsaturated/α-hetero) is 2. The van der Waals surface area contributed by atoms with Crippen molar-refractivity contribution in [3.05, 3.63) is 47.0 Å². The van der Waals surface area contributed by atoms with Crippen LogP contribution in [0.2, 0.25) is 0 Å². The van der Waals surface area contributed by atoms with E-state index in [1.165, 1.54) is 6.07 Å². The van der Waals surface area contributed by atoms with Gasteiger partial charge in [0.25, 0.3) is 0 Å². The number of aliphatic hydroxyl groups excluding tert-OH is 1. The topological polar surface area (TPSA) is 124 Å². The lowest BCUT2D eigenvalue weighted by atomic mass is 9.83. The quantitative estimate of drug-likeness (QED) is 0.399. The minimum absolute atomic E-state index is 0.00293. The molecule has 0 aliphatic heterocycles. The number of phenols is 3. The molecule has 2 saturated carbocycles. The Bertz CT molecular complexity index is 1170. The number of carbonyl (C=O) groups excluding carboxylic acids is 2. The molecule has 3 aliphatic rings. The van der Waals surface area contributed by atoms with Crippen molar-refractivity contribution in [3.63, 3.8) is 0 Å². The van der Waals surface area contributed by atoms with Gasteiger partial charge in [0, 0.05) is 48.3 Å². The van der Waals surface area contributed by atoms with Gasteiger partial charge in [-0.1, -0.05) is 6.07 Å². The molecule has 37 heavy (non-hydrogen) atoms. The number of hydrogen-bond acceptors (Lipinski definition) is 7. The maximum absolute atomic E-state index is 12.2. The van der Waals surface area contributed by atoms with Gasteiger partial charge in [0.2, 0.25) is 0 Å². The molecule has 7 nitrogen and oxygen atoms in total. The first kappa shape index (κ1) is 25.6. The van der Waals surface area contributed by atoms with Crippen molar-refractivity contribution < 1.29 is 34.8 Å². The fraction of sp³-hybridized carbons (Fsp3) is 0.533. The van der Waals surface area contributed by atoms with E-state index in [4.69, 9.17) is 4.74 Å². The molecule has 0 spiro atoms. The number of aliphatic hydroxyl groups is 1. The number of aromatic hydroxyl groups is 3. The van der Waals surface area contributed by atoms with Crippen LogP contribution in [0.4, 0.5) is 0 Å². The Morgan fingerprint density at radius 3 is 2.51 bits per heavy atom. The minimum atomic E-state index is -0.446. The fourth-order valence-electron chi connectivity index (χ4n) is 6.44. The van der Waals surface area contributed by atoms with Crippen molar-refractivity contribution in [2.45, 2.75) is 82.8 Å². The summed E-state index contributed by atoms with van der Waals surface area (Å²) < 4.78 is 6.42. The van der Waals surface area contributed by atoms with E-state index in [0.29, 0.717) is 50.2 Å². The monoisotopic (exact) mass is 508 g/mol. The highest BCUT2D eigenvalue weighted by molar-refractivity contribution is 5.94. The number of ketones is 2. The first-order valence-corrected chi connectivity index (χ1v) is 13.5. The average Bonchev–Trinajstić information content (AvgIpc) is 3.43. The van der Waals surface area contributed by atoms with Crippen LogP contribution < -0.4 is 4.74 Å². The van der Waals surface area contributed by atoms with E-state index in [9.17, 15) is 30.0 Å². The van der Waals surface area contributed by atoms with Gasteiger partial charge >= 0.3 is 0 Å². The maximum Gasteiger partial charge on any atom is 0.162 e. The van der Waals surface area contributed by atoms with Gasteiger partial charge in [0.05, 0.1) is 6.10 Å². The molecule has 198 valence electrons. The molecule has 0 saturated heterocycles. The van der Waals surface area contributed by atoms with Gasteiger partial charge in [-0.05, 0) is 81.0 Å². The van der Waals surface area contributed by atoms with E-state index in [1.807, 2.05) is 0 Å². The number of hydrogen-bond donors (Lipinski definition) is 4. The fourth-order valence-corrected chi connectivity index (χ4v) is 6.44. The Hall–Kier alpha value is -3.06. The van der Waals surface area contributed by atoms with Crippen molar-refractivity contribution in [3.8, 4) is 23.0 Å². The summed E-state index contributed by atoms with van der Waals surface area (Å²) in [5.41, 5.74) is 2.40. The van der Waals surface area contributed by atoms with Gasteiger partial charge in [-0.3, -0.25) is 9.59 Å². The van der Waals surface area contributed by atoms with Gasteiger partial charge in [0.15, 0.2) is 11.5 Å². The Kier molecular flexibility index (Phi) is 7.43. The number of aryl methyl sites for hydroxylation is 1. The Morgan fingerprint density at radius 1 is 0.892 bits per heavy atom. The second kappa shape index (κ2) is 10.7. The molecule has 0 amide bonds. The van der Waals surface area contributed by atoms with Crippen LogP contribution >= 0.6 is 0 Å². The van der Waals surface area contributed by atoms with Gasteiger partial charge in [-0.25, -0.2) is 0 Å². The van der Waals surface area contributed by atoms with Gasteiger partial charge in [-0.2, -0.15) is 0 Å². The van der Waals surface area contributed by atoms with Gasteiger partial charge in [-0.15, -0.1) is 0 Å². The molecule has 5 rings (SSSR count). The number of phenolic OH excluding ortho intramolecular Hbond substituents is 3. The molecule has 0 aromatic heterocycles. The highest BCUT2D eigenvalue weighted by Crippen LogP contribution is 2.48. The lowest BCUT2D eigenvalue weighted by molar-refractivity contribution is -0.133. The van der Waals surface area contributed by atoms with Crippen LogP contribution in [-0.2, 0) is 22.4 Å². The highest BCUT2D eigenvalue weighted by Gasteiger charge is 2.38. The van der Waals surface area contributed by atoms with Crippen LogP contribution in [0.3, 0.4) is 0 Å². The van der Waals surface area contributed by atoms with E-state index >= 15 is 0 Å². The molecule has 0 bridgehead atoms. The maximum atomic E-state index is 12.2. The number of carbonyl (C=O) groups is 2. The van der Waals surface area contributed by atoms with E-state index in [-0.39, 0.29) is 46.8 Å². The van der Waals surface area contributed by atoms with Crippen molar-refractivity contribution in [1.82, 2.24) is 0 Å². The van der Waals surface area contributed by atoms with Crippen LogP contribution in [0.15, 0.2) is 30.3 Å². The first-order chi connectivity index (χ1) is 17.8. The lowest BCUT2D eigenvalue weighted by Gasteiger charge is -2.24. The van der Waals surface area contributed by atoms with Gasteiger partial charge < -0.3 is 25.2 Å². The Labute approximate surface area is 217 Å². The van der Waals surface area contributed by atoms with Crippen LogP contribution in [0.5, 0.6) is 23.0 Å².